The van der Waals surface area contributed by atoms with Crippen molar-refractivity contribution in [2.45, 2.75) is 11.3 Å². The summed E-state index contributed by atoms with van der Waals surface area (Å²) < 4.78 is 22.6. The maximum absolute atomic E-state index is 11.3. The Morgan fingerprint density at radius 1 is 1.47 bits per heavy atom. The summed E-state index contributed by atoms with van der Waals surface area (Å²) in [7, 11) is -3.42. The maximum atomic E-state index is 11.3. The molecule has 0 aliphatic carbocycles. The topological polar surface area (TPSA) is 71.4 Å². The molecule has 82 valence electrons. The van der Waals surface area contributed by atoms with Crippen molar-refractivity contribution in [3.8, 4) is 0 Å². The van der Waals surface area contributed by atoms with Crippen LogP contribution in [0.2, 0.25) is 5.02 Å². The van der Waals surface area contributed by atoms with Gasteiger partial charge >= 0.3 is 5.97 Å². The summed E-state index contributed by atoms with van der Waals surface area (Å²) in [5.74, 6) is -1.10. The Labute approximate surface area is 92.4 Å². The molecular formula is C9H9ClO4S. The average molecular weight is 249 g/mol. The maximum Gasteiger partial charge on any atom is 0.307 e. The first-order chi connectivity index (χ1) is 6.80. The summed E-state index contributed by atoms with van der Waals surface area (Å²) in [5, 5.41) is 8.93. The zero-order chi connectivity index (χ0) is 11.6. The molecule has 0 bridgehead atoms. The van der Waals surface area contributed by atoms with Gasteiger partial charge in [0.05, 0.1) is 11.3 Å². The van der Waals surface area contributed by atoms with Crippen LogP contribution in [0, 0.1) is 0 Å². The number of sulfone groups is 1. The highest BCUT2D eigenvalue weighted by molar-refractivity contribution is 7.90. The number of carbonyl (C=O) groups is 1. The first kappa shape index (κ1) is 12.0. The molecule has 0 amide bonds. The standard InChI is InChI=1S/C9H9ClO4S/c1-15(13,14)8-3-2-7(10)4-6(8)5-9(11)12/h2-4H,5H2,1H3,(H,11,12). The predicted molar refractivity (Wildman–Crippen MR) is 55.9 cm³/mol. The third-order valence-corrected chi connectivity index (χ3v) is 3.20. The van der Waals surface area contributed by atoms with Gasteiger partial charge in [0.25, 0.3) is 0 Å². The van der Waals surface area contributed by atoms with Gasteiger partial charge in [-0.25, -0.2) is 8.42 Å². The van der Waals surface area contributed by atoms with Crippen LogP contribution in [0.5, 0.6) is 0 Å². The van der Waals surface area contributed by atoms with Crippen LogP contribution in [0.1, 0.15) is 5.56 Å². The van der Waals surface area contributed by atoms with Gasteiger partial charge in [0, 0.05) is 11.3 Å². The summed E-state index contributed by atoms with van der Waals surface area (Å²) in [4.78, 5) is 10.5. The molecule has 0 saturated carbocycles. The molecule has 1 aromatic rings. The van der Waals surface area contributed by atoms with Crippen LogP contribution in [-0.4, -0.2) is 25.7 Å². The van der Waals surface area contributed by atoms with Gasteiger partial charge in [-0.15, -0.1) is 0 Å². The van der Waals surface area contributed by atoms with Crippen molar-refractivity contribution in [3.63, 3.8) is 0 Å². The van der Waals surface area contributed by atoms with Gasteiger partial charge in [-0.3, -0.25) is 4.79 Å². The summed E-state index contributed by atoms with van der Waals surface area (Å²) in [5.41, 5.74) is 0.206. The predicted octanol–water partition coefficient (Wildman–Crippen LogP) is 1.37. The Balaban J connectivity index is 3.33. The number of carboxylic acids is 1. The van der Waals surface area contributed by atoms with Crippen molar-refractivity contribution in [1.82, 2.24) is 0 Å². The van der Waals surface area contributed by atoms with Gasteiger partial charge in [-0.1, -0.05) is 11.6 Å². The molecule has 4 nitrogen and oxygen atoms in total. The van der Waals surface area contributed by atoms with Crippen LogP contribution in [0.4, 0.5) is 0 Å². The van der Waals surface area contributed by atoms with Gasteiger partial charge in [-0.2, -0.15) is 0 Å². The first-order valence-corrected chi connectivity index (χ1v) is 6.28. The molecule has 0 unspecified atom stereocenters. The summed E-state index contributed by atoms with van der Waals surface area (Å²) in [6.45, 7) is 0. The molecule has 0 aliphatic rings. The first-order valence-electron chi connectivity index (χ1n) is 4.01. The molecular weight excluding hydrogens is 240 g/mol. The van der Waals surface area contributed by atoms with E-state index in [4.69, 9.17) is 16.7 Å². The van der Waals surface area contributed by atoms with Crippen molar-refractivity contribution in [2.24, 2.45) is 0 Å². The number of carboxylic acid groups (broad SMARTS) is 1. The molecule has 0 saturated heterocycles. The summed E-state index contributed by atoms with van der Waals surface area (Å²) in [6, 6.07) is 4.09. The van der Waals surface area contributed by atoms with Gasteiger partial charge in [0.1, 0.15) is 0 Å². The fourth-order valence-electron chi connectivity index (χ4n) is 1.21. The van der Waals surface area contributed by atoms with Crippen LogP contribution >= 0.6 is 11.6 Å². The highest BCUT2D eigenvalue weighted by Crippen LogP contribution is 2.20. The second-order valence-corrected chi connectivity index (χ2v) is 5.52. The Morgan fingerprint density at radius 2 is 2.07 bits per heavy atom. The van der Waals surface area contributed by atoms with Crippen molar-refractivity contribution < 1.29 is 18.3 Å². The van der Waals surface area contributed by atoms with Crippen LogP contribution in [-0.2, 0) is 21.1 Å². The lowest BCUT2D eigenvalue weighted by atomic mass is 10.1. The number of aliphatic carboxylic acids is 1. The minimum Gasteiger partial charge on any atom is -0.481 e. The molecule has 15 heavy (non-hydrogen) atoms. The molecule has 6 heteroatoms. The molecule has 0 radical (unpaired) electrons. The van der Waals surface area contributed by atoms with E-state index in [9.17, 15) is 13.2 Å². The Morgan fingerprint density at radius 3 is 2.53 bits per heavy atom. The number of rotatable bonds is 3. The molecule has 0 heterocycles. The fourth-order valence-corrected chi connectivity index (χ4v) is 2.33. The molecule has 0 spiro atoms. The largest absolute Gasteiger partial charge is 0.481 e. The normalized spacial score (nSPS) is 11.3. The zero-order valence-corrected chi connectivity index (χ0v) is 9.47. The van der Waals surface area contributed by atoms with E-state index in [0.29, 0.717) is 5.02 Å². The molecule has 1 N–H and O–H groups in total. The van der Waals surface area contributed by atoms with Gasteiger partial charge in [0.2, 0.25) is 0 Å². The van der Waals surface area contributed by atoms with Crippen LogP contribution in [0.15, 0.2) is 23.1 Å². The third kappa shape index (κ3) is 3.21. The Kier molecular flexibility index (Phi) is 3.36. The van der Waals surface area contributed by atoms with Crippen molar-refractivity contribution in [3.05, 3.63) is 28.8 Å². The number of hydrogen-bond donors (Lipinski definition) is 1. The zero-order valence-electron chi connectivity index (χ0n) is 7.90. The summed E-state index contributed by atoms with van der Waals surface area (Å²) >= 11 is 5.66. The van der Waals surface area contributed by atoms with E-state index in [-0.39, 0.29) is 16.9 Å². The number of halogens is 1. The minimum absolute atomic E-state index is 0.00861. The van der Waals surface area contributed by atoms with E-state index in [1.54, 1.807) is 0 Å². The van der Waals surface area contributed by atoms with Gasteiger partial charge in [-0.05, 0) is 23.8 Å². The van der Waals surface area contributed by atoms with Crippen LogP contribution < -0.4 is 0 Å². The molecule has 0 fully saturated rings. The van der Waals surface area contributed by atoms with Crippen LogP contribution in [0.25, 0.3) is 0 Å². The second kappa shape index (κ2) is 4.20. The van der Waals surface area contributed by atoms with Crippen molar-refractivity contribution in [2.75, 3.05) is 6.26 Å². The highest BCUT2D eigenvalue weighted by Gasteiger charge is 2.15. The van der Waals surface area contributed by atoms with E-state index in [1.807, 2.05) is 0 Å². The SMILES string of the molecule is CS(=O)(=O)c1ccc(Cl)cc1CC(=O)O. The van der Waals surface area contributed by atoms with Crippen molar-refractivity contribution >= 4 is 27.4 Å². The van der Waals surface area contributed by atoms with Crippen LogP contribution in [0.3, 0.4) is 0 Å². The second-order valence-electron chi connectivity index (χ2n) is 3.09. The van der Waals surface area contributed by atoms with E-state index >= 15 is 0 Å². The van der Waals surface area contributed by atoms with Gasteiger partial charge in [0.15, 0.2) is 9.84 Å². The Bertz CT molecular complexity index is 493. The lowest BCUT2D eigenvalue weighted by Crippen LogP contribution is -2.07. The highest BCUT2D eigenvalue weighted by atomic mass is 35.5. The van der Waals surface area contributed by atoms with Crippen molar-refractivity contribution in [1.29, 1.82) is 0 Å². The third-order valence-electron chi connectivity index (χ3n) is 1.76. The summed E-state index contributed by atoms with van der Waals surface area (Å²) in [6.07, 6.45) is 0.671. The van der Waals surface area contributed by atoms with Gasteiger partial charge < -0.3 is 5.11 Å². The molecule has 0 atom stereocenters. The van der Waals surface area contributed by atoms with E-state index in [1.165, 1.54) is 18.2 Å². The molecule has 1 aromatic carbocycles. The van der Waals surface area contributed by atoms with E-state index in [2.05, 4.69) is 0 Å². The average Bonchev–Trinajstić information content (AvgIpc) is 1.99. The van der Waals surface area contributed by atoms with E-state index in [0.717, 1.165) is 6.26 Å². The minimum atomic E-state index is -3.42. The Hall–Kier alpha value is -1.07. The van der Waals surface area contributed by atoms with E-state index < -0.39 is 15.8 Å². The monoisotopic (exact) mass is 248 g/mol. The molecule has 1 rings (SSSR count). The molecule has 0 aromatic heterocycles. The quantitative estimate of drug-likeness (QED) is 0.877. The smallest absolute Gasteiger partial charge is 0.307 e. The lowest BCUT2D eigenvalue weighted by molar-refractivity contribution is -0.136. The molecule has 0 aliphatic heterocycles. The number of benzene rings is 1. The lowest BCUT2D eigenvalue weighted by Gasteiger charge is -2.05. The number of hydrogen-bond acceptors (Lipinski definition) is 3. The fraction of sp³-hybridized carbons (Fsp3) is 0.222.